The maximum Gasteiger partial charge on any atom is 0.493 e. The minimum atomic E-state index is -1.00. The Morgan fingerprint density at radius 2 is 2.09 bits per heavy atom. The molecule has 0 spiro atoms. The van der Waals surface area contributed by atoms with Crippen LogP contribution in [0.15, 0.2) is 42.5 Å². The topological polar surface area (TPSA) is 50.7 Å². The second kappa shape index (κ2) is 6.89. The molecule has 2 aromatic carbocycles. The minimum Gasteiger partial charge on any atom is -0.463 e. The summed E-state index contributed by atoms with van der Waals surface area (Å²) in [6.45, 7) is 2.27. The van der Waals surface area contributed by atoms with E-state index in [2.05, 4.69) is 5.32 Å². The van der Waals surface area contributed by atoms with Crippen molar-refractivity contribution in [1.29, 1.82) is 0 Å². The molecule has 2 aromatic rings. The largest absolute Gasteiger partial charge is 0.493 e. The van der Waals surface area contributed by atoms with Crippen molar-refractivity contribution < 1.29 is 14.4 Å². The Morgan fingerprint density at radius 3 is 2.83 bits per heavy atom. The monoisotopic (exact) mass is 347 g/mol. The number of nitrogens with one attached hydrogen (secondary N) is 1. The van der Waals surface area contributed by atoms with Crippen LogP contribution in [0.4, 0.5) is 5.69 Å². The van der Waals surface area contributed by atoms with Gasteiger partial charge in [-0.2, -0.15) is 0 Å². The van der Waals surface area contributed by atoms with Crippen molar-refractivity contribution >= 4 is 47.3 Å². The third kappa shape index (κ3) is 3.51. The summed E-state index contributed by atoms with van der Waals surface area (Å²) in [5.41, 5.74) is 3.06. The first kappa shape index (κ1) is 16.3. The number of anilines is 1. The molecule has 4 nitrogen and oxygen atoms in total. The van der Waals surface area contributed by atoms with E-state index in [0.29, 0.717) is 22.8 Å². The lowest BCUT2D eigenvalue weighted by atomic mass is 9.79. The Bertz CT molecular complexity index is 729. The van der Waals surface area contributed by atoms with E-state index < -0.39 is 7.12 Å². The lowest BCUT2D eigenvalue weighted by Gasteiger charge is -2.17. The molecule has 0 saturated carbocycles. The second-order valence-corrected chi connectivity index (χ2v) is 6.00. The SMILES string of the molecule is CC(OC(=S)Nc1ccc2c(c1Cl)B(O)OC2)c1ccccc1. The number of rotatable bonds is 3. The van der Waals surface area contributed by atoms with E-state index in [-0.39, 0.29) is 11.3 Å². The summed E-state index contributed by atoms with van der Waals surface area (Å²) >= 11 is 11.6. The van der Waals surface area contributed by atoms with Crippen molar-refractivity contribution in [2.45, 2.75) is 19.6 Å². The zero-order chi connectivity index (χ0) is 16.4. The molecule has 3 rings (SSSR count). The predicted molar refractivity (Wildman–Crippen MR) is 96.0 cm³/mol. The third-order valence-corrected chi connectivity index (χ3v) is 4.31. The van der Waals surface area contributed by atoms with E-state index in [9.17, 15) is 5.02 Å². The number of hydrogen-bond acceptors (Lipinski definition) is 4. The Balaban J connectivity index is 1.70. The van der Waals surface area contributed by atoms with E-state index >= 15 is 0 Å². The molecule has 1 atom stereocenters. The summed E-state index contributed by atoms with van der Waals surface area (Å²) in [5, 5.41) is 13.4. The molecule has 0 radical (unpaired) electrons. The van der Waals surface area contributed by atoms with Gasteiger partial charge in [0.25, 0.3) is 5.17 Å². The molecule has 0 aliphatic carbocycles. The molecule has 1 aliphatic rings. The number of ether oxygens (including phenoxy) is 1. The summed E-state index contributed by atoms with van der Waals surface area (Å²) in [4.78, 5) is 0. The molecule has 0 saturated heterocycles. The number of hydrogen-bond donors (Lipinski definition) is 2. The van der Waals surface area contributed by atoms with Crippen molar-refractivity contribution in [2.24, 2.45) is 0 Å². The van der Waals surface area contributed by atoms with Crippen LogP contribution in [-0.4, -0.2) is 17.3 Å². The molecule has 0 fully saturated rings. The van der Waals surface area contributed by atoms with Crippen LogP contribution in [0.5, 0.6) is 0 Å². The Morgan fingerprint density at radius 1 is 1.35 bits per heavy atom. The van der Waals surface area contributed by atoms with Gasteiger partial charge in [-0.1, -0.05) is 48.0 Å². The second-order valence-electron chi connectivity index (χ2n) is 5.25. The summed E-state index contributed by atoms with van der Waals surface area (Å²) in [7, 11) is -1.00. The fourth-order valence-electron chi connectivity index (χ4n) is 2.47. The van der Waals surface area contributed by atoms with Crippen molar-refractivity contribution in [2.75, 3.05) is 5.32 Å². The highest BCUT2D eigenvalue weighted by Gasteiger charge is 2.31. The smallest absolute Gasteiger partial charge is 0.463 e. The maximum absolute atomic E-state index is 9.82. The highest BCUT2D eigenvalue weighted by atomic mass is 35.5. The highest BCUT2D eigenvalue weighted by Crippen LogP contribution is 2.26. The fourth-order valence-corrected chi connectivity index (χ4v) is 3.05. The minimum absolute atomic E-state index is 0.182. The van der Waals surface area contributed by atoms with Crippen LogP contribution in [0.3, 0.4) is 0 Å². The van der Waals surface area contributed by atoms with Gasteiger partial charge >= 0.3 is 7.12 Å². The van der Waals surface area contributed by atoms with E-state index in [0.717, 1.165) is 11.1 Å². The first-order valence-electron chi connectivity index (χ1n) is 7.20. The standard InChI is InChI=1S/C16H15BClNO3S/c1-10(11-5-3-2-4-6-11)22-16(23)19-13-8-7-12-9-21-17(20)14(12)15(13)18/h2-8,10,20H,9H2,1H3,(H,19,23). The third-order valence-electron chi connectivity index (χ3n) is 3.70. The zero-order valence-electron chi connectivity index (χ0n) is 12.5. The molecular weight excluding hydrogens is 333 g/mol. The normalized spacial score (nSPS) is 14.3. The number of benzene rings is 2. The van der Waals surface area contributed by atoms with Crippen LogP contribution in [-0.2, 0) is 16.0 Å². The summed E-state index contributed by atoms with van der Waals surface area (Å²) < 4.78 is 10.9. The van der Waals surface area contributed by atoms with Gasteiger partial charge in [0.1, 0.15) is 6.10 Å². The molecule has 7 heteroatoms. The molecule has 0 amide bonds. The first-order valence-corrected chi connectivity index (χ1v) is 7.98. The van der Waals surface area contributed by atoms with E-state index in [1.165, 1.54) is 0 Å². The van der Waals surface area contributed by atoms with Gasteiger partial charge < -0.3 is 19.7 Å². The molecular formula is C16H15BClNO3S. The average molecular weight is 348 g/mol. The van der Waals surface area contributed by atoms with Gasteiger partial charge in [0.15, 0.2) is 0 Å². The van der Waals surface area contributed by atoms with Gasteiger partial charge in [0, 0.05) is 5.46 Å². The molecule has 1 heterocycles. The maximum atomic E-state index is 9.82. The molecule has 2 N–H and O–H groups in total. The van der Waals surface area contributed by atoms with Gasteiger partial charge in [0.2, 0.25) is 0 Å². The molecule has 1 aliphatic heterocycles. The lowest BCUT2D eigenvalue weighted by molar-refractivity contribution is 0.219. The van der Waals surface area contributed by atoms with Gasteiger partial charge in [-0.15, -0.1) is 0 Å². The van der Waals surface area contributed by atoms with Gasteiger partial charge in [-0.25, -0.2) is 0 Å². The first-order chi connectivity index (χ1) is 11.1. The average Bonchev–Trinajstić information content (AvgIpc) is 2.93. The summed E-state index contributed by atoms with van der Waals surface area (Å²) in [6, 6.07) is 13.4. The van der Waals surface area contributed by atoms with Gasteiger partial charge in [0.05, 0.1) is 17.3 Å². The highest BCUT2D eigenvalue weighted by molar-refractivity contribution is 7.80. The van der Waals surface area contributed by atoms with Crippen molar-refractivity contribution in [1.82, 2.24) is 0 Å². The molecule has 0 bridgehead atoms. The number of thiocarbonyl (C=S) groups is 1. The van der Waals surface area contributed by atoms with Gasteiger partial charge in [-0.05, 0) is 36.3 Å². The molecule has 23 heavy (non-hydrogen) atoms. The van der Waals surface area contributed by atoms with Gasteiger partial charge in [-0.3, -0.25) is 0 Å². The molecule has 118 valence electrons. The van der Waals surface area contributed by atoms with Crippen molar-refractivity contribution in [3.05, 3.63) is 58.6 Å². The van der Waals surface area contributed by atoms with Crippen LogP contribution in [0.1, 0.15) is 24.2 Å². The van der Waals surface area contributed by atoms with Crippen molar-refractivity contribution in [3.8, 4) is 0 Å². The molecule has 1 unspecified atom stereocenters. The van der Waals surface area contributed by atoms with Crippen LogP contribution in [0.2, 0.25) is 5.02 Å². The quantitative estimate of drug-likeness (QED) is 0.660. The summed E-state index contributed by atoms with van der Waals surface area (Å²) in [6.07, 6.45) is -0.182. The Labute approximate surface area is 145 Å². The molecule has 0 aromatic heterocycles. The fraction of sp³-hybridized carbons (Fsp3) is 0.188. The van der Waals surface area contributed by atoms with E-state index in [4.69, 9.17) is 33.2 Å². The Kier molecular flexibility index (Phi) is 4.87. The number of halogens is 1. The Hall–Kier alpha value is -1.60. The van der Waals surface area contributed by atoms with E-state index in [1.807, 2.05) is 43.3 Å². The predicted octanol–water partition coefficient (Wildman–Crippen LogP) is 3.03. The lowest BCUT2D eigenvalue weighted by Crippen LogP contribution is -2.30. The zero-order valence-corrected chi connectivity index (χ0v) is 14.0. The van der Waals surface area contributed by atoms with E-state index in [1.54, 1.807) is 6.07 Å². The summed E-state index contributed by atoms with van der Waals surface area (Å²) in [5.74, 6) is 0. The van der Waals surface area contributed by atoms with Crippen LogP contribution < -0.4 is 10.8 Å². The van der Waals surface area contributed by atoms with Crippen LogP contribution in [0, 0.1) is 0 Å². The van der Waals surface area contributed by atoms with Crippen molar-refractivity contribution in [3.63, 3.8) is 0 Å². The van der Waals surface area contributed by atoms with Crippen LogP contribution in [0.25, 0.3) is 0 Å². The number of fused-ring (bicyclic) bond motifs is 1. The van der Waals surface area contributed by atoms with Crippen LogP contribution >= 0.6 is 23.8 Å².